The molecule has 0 aromatic carbocycles. The molecule has 2 aliphatic rings. The molecule has 2 unspecified atom stereocenters. The average molecular weight is 553 g/mol. The lowest BCUT2D eigenvalue weighted by molar-refractivity contribution is 0.0186. The predicted molar refractivity (Wildman–Crippen MR) is 133 cm³/mol. The van der Waals surface area contributed by atoms with E-state index in [0.29, 0.717) is 6.04 Å². The smallest absolute Gasteiger partial charge is 0.191 e. The van der Waals surface area contributed by atoms with E-state index in [2.05, 4.69) is 41.5 Å². The van der Waals surface area contributed by atoms with Gasteiger partial charge in [-0.15, -0.1) is 35.3 Å². The van der Waals surface area contributed by atoms with Crippen molar-refractivity contribution in [1.29, 1.82) is 0 Å². The third-order valence-electron chi connectivity index (χ3n) is 5.20. The van der Waals surface area contributed by atoms with Crippen LogP contribution in [0.15, 0.2) is 17.1 Å². The Labute approximate surface area is 202 Å². The van der Waals surface area contributed by atoms with Crippen LogP contribution in [0.5, 0.6) is 0 Å². The highest BCUT2D eigenvalue weighted by Crippen LogP contribution is 2.28. The maximum absolute atomic E-state index is 5.84. The van der Waals surface area contributed by atoms with E-state index in [1.165, 1.54) is 9.75 Å². The summed E-state index contributed by atoms with van der Waals surface area (Å²) in [5.74, 6) is 0.878. The SMILES string of the molecule is CCNC(=NCC(c1ccc(C)s1)N1CCOCC1)NCCCOC1CCOC1.I. The molecular formula is C21H37IN4O3S. The number of morpholine rings is 1. The Kier molecular flexibility index (Phi) is 12.5. The zero-order chi connectivity index (χ0) is 20.3. The number of rotatable bonds is 10. The van der Waals surface area contributed by atoms with Crippen molar-refractivity contribution in [2.45, 2.75) is 38.8 Å². The van der Waals surface area contributed by atoms with Gasteiger partial charge in [0.1, 0.15) is 0 Å². The van der Waals surface area contributed by atoms with E-state index >= 15 is 0 Å². The first-order chi connectivity index (χ1) is 14.3. The number of ether oxygens (including phenoxy) is 3. The van der Waals surface area contributed by atoms with E-state index in [9.17, 15) is 0 Å². The zero-order valence-electron chi connectivity index (χ0n) is 18.2. The van der Waals surface area contributed by atoms with E-state index in [1.807, 2.05) is 11.3 Å². The Bertz CT molecular complexity index is 619. The van der Waals surface area contributed by atoms with Crippen molar-refractivity contribution in [3.05, 3.63) is 21.9 Å². The van der Waals surface area contributed by atoms with E-state index < -0.39 is 0 Å². The fraction of sp³-hybridized carbons (Fsp3) is 0.762. The molecule has 172 valence electrons. The van der Waals surface area contributed by atoms with Gasteiger partial charge < -0.3 is 24.8 Å². The summed E-state index contributed by atoms with van der Waals surface area (Å²) in [6, 6.07) is 4.76. The van der Waals surface area contributed by atoms with Crippen LogP contribution in [-0.4, -0.2) is 82.7 Å². The fourth-order valence-electron chi connectivity index (χ4n) is 3.60. The second kappa shape index (κ2) is 14.6. The van der Waals surface area contributed by atoms with Crippen molar-refractivity contribution in [3.63, 3.8) is 0 Å². The van der Waals surface area contributed by atoms with Gasteiger partial charge in [-0.3, -0.25) is 9.89 Å². The van der Waals surface area contributed by atoms with Gasteiger partial charge in [-0.2, -0.15) is 0 Å². The van der Waals surface area contributed by atoms with Crippen molar-refractivity contribution in [2.24, 2.45) is 4.99 Å². The number of aliphatic imine (C=N–C) groups is 1. The van der Waals surface area contributed by atoms with Crippen LogP contribution >= 0.6 is 35.3 Å². The molecule has 3 heterocycles. The molecule has 0 spiro atoms. The second-order valence-electron chi connectivity index (χ2n) is 7.47. The maximum Gasteiger partial charge on any atom is 0.191 e. The normalized spacial score (nSPS) is 21.3. The summed E-state index contributed by atoms with van der Waals surface area (Å²) in [5.41, 5.74) is 0. The Morgan fingerprint density at radius 3 is 2.77 bits per heavy atom. The third kappa shape index (κ3) is 8.58. The first kappa shape index (κ1) is 25.8. The lowest BCUT2D eigenvalue weighted by Gasteiger charge is -2.33. The Morgan fingerprint density at radius 2 is 2.10 bits per heavy atom. The fourth-order valence-corrected chi connectivity index (χ4v) is 4.60. The molecule has 2 atom stereocenters. The summed E-state index contributed by atoms with van der Waals surface area (Å²) < 4.78 is 16.7. The number of guanidine groups is 1. The Hall–Kier alpha value is -0.460. The molecule has 7 nitrogen and oxygen atoms in total. The minimum Gasteiger partial charge on any atom is -0.379 e. The maximum atomic E-state index is 5.84. The molecule has 30 heavy (non-hydrogen) atoms. The van der Waals surface area contributed by atoms with Gasteiger partial charge in [-0.25, -0.2) is 0 Å². The highest BCUT2D eigenvalue weighted by molar-refractivity contribution is 14.0. The molecular weight excluding hydrogens is 515 g/mol. The Balaban J connectivity index is 0.00000320. The van der Waals surface area contributed by atoms with Crippen LogP contribution in [0.1, 0.15) is 35.6 Å². The monoisotopic (exact) mass is 552 g/mol. The molecule has 2 fully saturated rings. The van der Waals surface area contributed by atoms with Crippen molar-refractivity contribution < 1.29 is 14.2 Å². The number of aryl methyl sites for hydroxylation is 1. The molecule has 0 amide bonds. The van der Waals surface area contributed by atoms with Crippen LogP contribution in [0.2, 0.25) is 0 Å². The summed E-state index contributed by atoms with van der Waals surface area (Å²) in [4.78, 5) is 10.1. The number of hydrogen-bond acceptors (Lipinski definition) is 6. The first-order valence-corrected chi connectivity index (χ1v) is 11.7. The molecule has 1 aromatic rings. The van der Waals surface area contributed by atoms with Gasteiger partial charge in [0, 0.05) is 49.1 Å². The number of hydrogen-bond donors (Lipinski definition) is 2. The molecule has 0 saturated carbocycles. The predicted octanol–water partition coefficient (Wildman–Crippen LogP) is 2.80. The summed E-state index contributed by atoms with van der Waals surface area (Å²) in [6.07, 6.45) is 2.25. The van der Waals surface area contributed by atoms with E-state index in [0.717, 1.165) is 84.6 Å². The van der Waals surface area contributed by atoms with E-state index in [4.69, 9.17) is 19.2 Å². The van der Waals surface area contributed by atoms with Gasteiger partial charge in [0.2, 0.25) is 0 Å². The number of halogens is 1. The quantitative estimate of drug-likeness (QED) is 0.202. The largest absolute Gasteiger partial charge is 0.379 e. The van der Waals surface area contributed by atoms with Crippen LogP contribution in [0.25, 0.3) is 0 Å². The molecule has 2 aliphatic heterocycles. The number of nitrogens with zero attached hydrogens (tertiary/aromatic N) is 2. The minimum atomic E-state index is 0. The Morgan fingerprint density at radius 1 is 1.27 bits per heavy atom. The average Bonchev–Trinajstić information content (AvgIpc) is 3.40. The molecule has 0 bridgehead atoms. The van der Waals surface area contributed by atoms with E-state index in [1.54, 1.807) is 0 Å². The summed E-state index contributed by atoms with van der Waals surface area (Å²) in [7, 11) is 0. The van der Waals surface area contributed by atoms with Crippen LogP contribution < -0.4 is 10.6 Å². The minimum absolute atomic E-state index is 0. The van der Waals surface area contributed by atoms with Crippen molar-refractivity contribution in [1.82, 2.24) is 15.5 Å². The van der Waals surface area contributed by atoms with Gasteiger partial charge in [0.05, 0.1) is 38.5 Å². The van der Waals surface area contributed by atoms with Crippen LogP contribution in [0.4, 0.5) is 0 Å². The third-order valence-corrected chi connectivity index (χ3v) is 6.30. The second-order valence-corrected chi connectivity index (χ2v) is 8.79. The van der Waals surface area contributed by atoms with Crippen LogP contribution in [0.3, 0.4) is 0 Å². The molecule has 2 N–H and O–H groups in total. The van der Waals surface area contributed by atoms with Crippen molar-refractivity contribution >= 4 is 41.3 Å². The molecule has 1 aromatic heterocycles. The lowest BCUT2D eigenvalue weighted by Crippen LogP contribution is -2.41. The number of thiophene rings is 1. The molecule has 0 aliphatic carbocycles. The van der Waals surface area contributed by atoms with Gasteiger partial charge in [-0.05, 0) is 38.8 Å². The van der Waals surface area contributed by atoms with Gasteiger partial charge in [0.15, 0.2) is 5.96 Å². The van der Waals surface area contributed by atoms with Crippen LogP contribution in [0, 0.1) is 6.92 Å². The topological polar surface area (TPSA) is 67.4 Å². The zero-order valence-corrected chi connectivity index (χ0v) is 21.4. The first-order valence-electron chi connectivity index (χ1n) is 10.9. The number of nitrogens with one attached hydrogen (secondary N) is 2. The standard InChI is InChI=1S/C21H36N4O3S.HI/c1-3-22-21(23-8-4-11-28-18-7-12-27-16-18)24-15-19(20-6-5-17(2)29-20)25-9-13-26-14-10-25;/h5-6,18-19H,3-4,7-16H2,1-2H3,(H2,22,23,24);1H. The molecule has 2 saturated heterocycles. The summed E-state index contributed by atoms with van der Waals surface area (Å²) >= 11 is 1.87. The molecule has 9 heteroatoms. The highest BCUT2D eigenvalue weighted by atomic mass is 127. The van der Waals surface area contributed by atoms with Crippen molar-refractivity contribution in [3.8, 4) is 0 Å². The van der Waals surface area contributed by atoms with Crippen molar-refractivity contribution in [2.75, 3.05) is 65.8 Å². The summed E-state index contributed by atoms with van der Waals surface area (Å²) in [6.45, 7) is 12.5. The molecule has 0 radical (unpaired) electrons. The lowest BCUT2D eigenvalue weighted by atomic mass is 10.2. The van der Waals surface area contributed by atoms with Gasteiger partial charge in [0.25, 0.3) is 0 Å². The van der Waals surface area contributed by atoms with E-state index in [-0.39, 0.29) is 30.1 Å². The highest BCUT2D eigenvalue weighted by Gasteiger charge is 2.24. The molecule has 3 rings (SSSR count). The van der Waals surface area contributed by atoms with Gasteiger partial charge >= 0.3 is 0 Å². The van der Waals surface area contributed by atoms with Gasteiger partial charge in [-0.1, -0.05) is 0 Å². The summed E-state index contributed by atoms with van der Waals surface area (Å²) in [5, 5.41) is 6.82. The van der Waals surface area contributed by atoms with Crippen LogP contribution in [-0.2, 0) is 14.2 Å².